The smallest absolute Gasteiger partial charge is 0.0842 e. The van der Waals surface area contributed by atoms with Crippen molar-refractivity contribution >= 4 is 0 Å². The topological polar surface area (TPSA) is 21.3 Å². The molecule has 0 saturated heterocycles. The Morgan fingerprint density at radius 2 is 2.11 bits per heavy atom. The molecule has 1 aromatic rings. The van der Waals surface area contributed by atoms with E-state index < -0.39 is 0 Å². The molecule has 2 heteroatoms. The number of fused-ring (bicyclic) bond motifs is 1. The Balaban J connectivity index is 2.10. The van der Waals surface area contributed by atoms with Crippen LogP contribution in [0.25, 0.3) is 0 Å². The van der Waals surface area contributed by atoms with E-state index in [0.29, 0.717) is 12.0 Å². The van der Waals surface area contributed by atoms with Crippen LogP contribution in [0, 0.1) is 5.92 Å². The van der Waals surface area contributed by atoms with Crippen LogP contribution < -0.4 is 5.32 Å². The summed E-state index contributed by atoms with van der Waals surface area (Å²) in [5.41, 5.74) is 2.86. The van der Waals surface area contributed by atoms with Crippen LogP contribution in [0.1, 0.15) is 44.4 Å². The van der Waals surface area contributed by atoms with Gasteiger partial charge in [0.1, 0.15) is 0 Å². The number of nitrogens with one attached hydrogen (secondary N) is 1. The summed E-state index contributed by atoms with van der Waals surface area (Å²) in [5.74, 6) is 0.641. The predicted molar refractivity (Wildman–Crippen MR) is 75.8 cm³/mol. The van der Waals surface area contributed by atoms with Crippen molar-refractivity contribution in [1.82, 2.24) is 5.32 Å². The third kappa shape index (κ3) is 3.12. The fourth-order valence-corrected chi connectivity index (χ4v) is 2.76. The predicted octanol–water partition coefficient (Wildman–Crippen LogP) is 3.32. The van der Waals surface area contributed by atoms with Crippen LogP contribution in [-0.2, 0) is 11.2 Å². The molecule has 2 nitrogen and oxygen atoms in total. The van der Waals surface area contributed by atoms with E-state index in [2.05, 4.69) is 50.4 Å². The zero-order chi connectivity index (χ0) is 13.0. The maximum Gasteiger partial charge on any atom is 0.0842 e. The van der Waals surface area contributed by atoms with E-state index in [-0.39, 0.29) is 6.10 Å². The Labute approximate surface area is 111 Å². The van der Waals surface area contributed by atoms with Crippen molar-refractivity contribution in [3.05, 3.63) is 35.4 Å². The van der Waals surface area contributed by atoms with E-state index in [1.165, 1.54) is 11.1 Å². The van der Waals surface area contributed by atoms with Crippen LogP contribution >= 0.6 is 0 Å². The van der Waals surface area contributed by atoms with E-state index in [9.17, 15) is 0 Å². The molecule has 2 atom stereocenters. The first-order valence-corrected chi connectivity index (χ1v) is 7.15. The first-order valence-electron chi connectivity index (χ1n) is 7.15. The molecule has 0 fully saturated rings. The van der Waals surface area contributed by atoms with Gasteiger partial charge in [-0.15, -0.1) is 0 Å². The van der Waals surface area contributed by atoms with Crippen LogP contribution in [0.3, 0.4) is 0 Å². The Morgan fingerprint density at radius 1 is 1.33 bits per heavy atom. The third-order valence-corrected chi connectivity index (χ3v) is 3.83. The lowest BCUT2D eigenvalue weighted by Crippen LogP contribution is -2.36. The van der Waals surface area contributed by atoms with Crippen molar-refractivity contribution in [2.75, 3.05) is 13.2 Å². The van der Waals surface area contributed by atoms with Gasteiger partial charge < -0.3 is 10.1 Å². The van der Waals surface area contributed by atoms with Gasteiger partial charge >= 0.3 is 0 Å². The number of ether oxygens (including phenoxy) is 1. The molecule has 0 bridgehead atoms. The zero-order valence-electron chi connectivity index (χ0n) is 11.8. The Bertz CT molecular complexity index is 375. The largest absolute Gasteiger partial charge is 0.373 e. The second-order valence-electron chi connectivity index (χ2n) is 5.45. The monoisotopic (exact) mass is 247 g/mol. The van der Waals surface area contributed by atoms with Crippen LogP contribution in [0.5, 0.6) is 0 Å². The summed E-state index contributed by atoms with van der Waals surface area (Å²) in [4.78, 5) is 0. The molecule has 1 aromatic carbocycles. The van der Waals surface area contributed by atoms with Gasteiger partial charge in [0.15, 0.2) is 0 Å². The standard InChI is InChI=1S/C16H25NO/c1-4-17-15(12(2)3)11-16-14-8-6-5-7-13(14)9-10-18-16/h5-8,12,15-17H,4,9-11H2,1-3H3. The first kappa shape index (κ1) is 13.6. The SMILES string of the molecule is CCNC(CC1OCCc2ccccc21)C(C)C. The number of rotatable bonds is 5. The normalized spacial score (nSPS) is 20.8. The Hall–Kier alpha value is -0.860. The van der Waals surface area contributed by atoms with Gasteiger partial charge in [0, 0.05) is 6.04 Å². The highest BCUT2D eigenvalue weighted by atomic mass is 16.5. The molecule has 1 aliphatic heterocycles. The molecule has 2 rings (SSSR count). The fourth-order valence-electron chi connectivity index (χ4n) is 2.76. The highest BCUT2D eigenvalue weighted by Gasteiger charge is 2.24. The van der Waals surface area contributed by atoms with Crippen molar-refractivity contribution in [2.45, 2.75) is 45.8 Å². The minimum absolute atomic E-state index is 0.265. The lowest BCUT2D eigenvalue weighted by Gasteiger charge is -2.31. The molecular formula is C16H25NO. The van der Waals surface area contributed by atoms with Gasteiger partial charge in [0.25, 0.3) is 0 Å². The third-order valence-electron chi connectivity index (χ3n) is 3.83. The van der Waals surface area contributed by atoms with Gasteiger partial charge in [0.05, 0.1) is 12.7 Å². The van der Waals surface area contributed by atoms with Gasteiger partial charge in [-0.2, -0.15) is 0 Å². The molecule has 0 amide bonds. The van der Waals surface area contributed by atoms with Crippen LogP contribution in [0.15, 0.2) is 24.3 Å². The maximum absolute atomic E-state index is 5.99. The van der Waals surface area contributed by atoms with Crippen LogP contribution in [-0.4, -0.2) is 19.2 Å². The van der Waals surface area contributed by atoms with E-state index in [1.54, 1.807) is 0 Å². The molecule has 2 unspecified atom stereocenters. The molecule has 18 heavy (non-hydrogen) atoms. The van der Waals surface area contributed by atoms with Gasteiger partial charge in [-0.25, -0.2) is 0 Å². The summed E-state index contributed by atoms with van der Waals surface area (Å²) in [5, 5.41) is 3.58. The number of hydrogen-bond donors (Lipinski definition) is 1. The Kier molecular flexibility index (Phi) is 4.79. The molecular weight excluding hydrogens is 222 g/mol. The van der Waals surface area contributed by atoms with E-state index in [4.69, 9.17) is 4.74 Å². The fraction of sp³-hybridized carbons (Fsp3) is 0.625. The zero-order valence-corrected chi connectivity index (χ0v) is 11.8. The maximum atomic E-state index is 5.99. The summed E-state index contributed by atoms with van der Waals surface area (Å²) in [7, 11) is 0. The van der Waals surface area contributed by atoms with Crippen molar-refractivity contribution in [3.63, 3.8) is 0 Å². The van der Waals surface area contributed by atoms with E-state index in [1.807, 2.05) is 0 Å². The van der Waals surface area contributed by atoms with E-state index >= 15 is 0 Å². The second-order valence-corrected chi connectivity index (χ2v) is 5.45. The molecule has 1 N–H and O–H groups in total. The van der Waals surface area contributed by atoms with Gasteiger partial charge in [-0.3, -0.25) is 0 Å². The minimum Gasteiger partial charge on any atom is -0.373 e. The second kappa shape index (κ2) is 6.35. The lowest BCUT2D eigenvalue weighted by molar-refractivity contribution is 0.0259. The lowest BCUT2D eigenvalue weighted by atomic mass is 9.90. The Morgan fingerprint density at radius 3 is 2.83 bits per heavy atom. The van der Waals surface area contributed by atoms with Gasteiger partial charge in [-0.1, -0.05) is 45.0 Å². The van der Waals surface area contributed by atoms with Gasteiger partial charge in [0.2, 0.25) is 0 Å². The minimum atomic E-state index is 0.265. The molecule has 100 valence electrons. The van der Waals surface area contributed by atoms with Crippen molar-refractivity contribution < 1.29 is 4.74 Å². The molecule has 0 aliphatic carbocycles. The molecule has 0 aromatic heterocycles. The summed E-state index contributed by atoms with van der Waals surface area (Å²) in [6.07, 6.45) is 2.39. The van der Waals surface area contributed by atoms with Crippen LogP contribution in [0.4, 0.5) is 0 Å². The highest BCUT2D eigenvalue weighted by Crippen LogP contribution is 2.31. The average Bonchev–Trinajstić information content (AvgIpc) is 2.38. The molecule has 1 heterocycles. The molecule has 0 spiro atoms. The summed E-state index contributed by atoms with van der Waals surface area (Å²) in [6, 6.07) is 9.25. The summed E-state index contributed by atoms with van der Waals surface area (Å²) >= 11 is 0. The average molecular weight is 247 g/mol. The van der Waals surface area contributed by atoms with Crippen LogP contribution in [0.2, 0.25) is 0 Å². The first-order chi connectivity index (χ1) is 8.72. The van der Waals surface area contributed by atoms with Gasteiger partial charge in [-0.05, 0) is 36.4 Å². The summed E-state index contributed by atoms with van der Waals surface area (Å²) in [6.45, 7) is 8.62. The number of benzene rings is 1. The molecule has 0 saturated carbocycles. The van der Waals surface area contributed by atoms with Crippen molar-refractivity contribution in [3.8, 4) is 0 Å². The summed E-state index contributed by atoms with van der Waals surface area (Å²) < 4.78 is 5.99. The highest BCUT2D eigenvalue weighted by molar-refractivity contribution is 5.31. The molecule has 1 aliphatic rings. The quantitative estimate of drug-likeness (QED) is 0.862. The van der Waals surface area contributed by atoms with E-state index in [0.717, 1.165) is 26.0 Å². The molecule has 0 radical (unpaired) electrons. The van der Waals surface area contributed by atoms with Crippen molar-refractivity contribution in [2.24, 2.45) is 5.92 Å². The number of hydrogen-bond acceptors (Lipinski definition) is 2. The van der Waals surface area contributed by atoms with Crippen molar-refractivity contribution in [1.29, 1.82) is 0 Å².